The van der Waals surface area contributed by atoms with Crippen molar-refractivity contribution < 1.29 is 9.53 Å². The van der Waals surface area contributed by atoms with Crippen molar-refractivity contribution in [2.75, 3.05) is 24.6 Å². The molecule has 2 saturated heterocycles. The number of carbonyl (C=O) groups is 1. The summed E-state index contributed by atoms with van der Waals surface area (Å²) in [5, 5.41) is 9.05. The van der Waals surface area contributed by atoms with Gasteiger partial charge in [-0.3, -0.25) is 9.59 Å². The van der Waals surface area contributed by atoms with Gasteiger partial charge in [0, 0.05) is 56.4 Å². The molecule has 0 N–H and O–H groups in total. The van der Waals surface area contributed by atoms with Crippen molar-refractivity contribution in [3.8, 4) is 6.07 Å². The number of fused-ring (bicyclic) bond motifs is 2. The lowest BCUT2D eigenvalue weighted by molar-refractivity contribution is -0.154. The Labute approximate surface area is 193 Å². The summed E-state index contributed by atoms with van der Waals surface area (Å²) in [6.45, 7) is 3.47. The van der Waals surface area contributed by atoms with E-state index in [-0.39, 0.29) is 30.0 Å². The summed E-state index contributed by atoms with van der Waals surface area (Å²) in [5.41, 5.74) is 0.516. The van der Waals surface area contributed by atoms with Gasteiger partial charge in [0.15, 0.2) is 5.43 Å². The van der Waals surface area contributed by atoms with Crippen LogP contribution in [0.25, 0.3) is 0 Å². The number of aryl methyl sites for hydroxylation is 1. The van der Waals surface area contributed by atoms with Gasteiger partial charge in [0.25, 0.3) is 0 Å². The molecule has 3 aliphatic rings. The van der Waals surface area contributed by atoms with Gasteiger partial charge in [-0.25, -0.2) is 4.98 Å². The number of nitrogens with zero attached hydrogens (tertiary/aromatic N) is 5. The summed E-state index contributed by atoms with van der Waals surface area (Å²) in [6.07, 6.45) is 8.70. The Morgan fingerprint density at radius 2 is 2.12 bits per heavy atom. The highest BCUT2D eigenvalue weighted by Crippen LogP contribution is 2.43. The fourth-order valence-corrected chi connectivity index (χ4v) is 5.60. The van der Waals surface area contributed by atoms with Crippen LogP contribution in [0.15, 0.2) is 41.6 Å². The van der Waals surface area contributed by atoms with E-state index < -0.39 is 5.60 Å². The topological polar surface area (TPSA) is 91.5 Å². The Morgan fingerprint density at radius 1 is 1.30 bits per heavy atom. The second-order valence-corrected chi connectivity index (χ2v) is 9.68. The number of carbonyl (C=O) groups excluding carboxylic acids is 1. The number of hydrogen-bond donors (Lipinski definition) is 0. The first-order valence-corrected chi connectivity index (χ1v) is 11.6. The number of amides is 1. The van der Waals surface area contributed by atoms with Crippen LogP contribution in [0, 0.1) is 17.2 Å². The molecule has 1 aliphatic carbocycles. The maximum atomic E-state index is 13.2. The smallest absolute Gasteiger partial charge is 0.248 e. The van der Waals surface area contributed by atoms with Gasteiger partial charge in [0.2, 0.25) is 5.91 Å². The van der Waals surface area contributed by atoms with Gasteiger partial charge in [-0.1, -0.05) is 6.92 Å². The first-order chi connectivity index (χ1) is 15.9. The van der Waals surface area contributed by atoms with Gasteiger partial charge in [-0.2, -0.15) is 5.26 Å². The quantitative estimate of drug-likeness (QED) is 0.698. The van der Waals surface area contributed by atoms with Crippen molar-refractivity contribution in [3.05, 3.63) is 58.1 Å². The highest BCUT2D eigenvalue weighted by molar-refractivity contribution is 5.78. The monoisotopic (exact) mass is 447 g/mol. The number of nitriles is 1. The standard InChI is InChI=1S/C25H29N5O3/c1-17-10-19-13-29(15-21(17)30(19)23-5-4-18(11-26)12-27-23)24(32)16-33-25(7-3-8-25)20-14-28(2)9-6-22(20)31/h4-6,9,12,14,17,19,21H,3,7-8,10,13,15-16H2,1-2H3/t17-,19?,21?/m0/s1. The van der Waals surface area contributed by atoms with E-state index >= 15 is 0 Å². The minimum absolute atomic E-state index is 0.0129. The largest absolute Gasteiger partial charge is 0.360 e. The summed E-state index contributed by atoms with van der Waals surface area (Å²) in [4.78, 5) is 34.4. The summed E-state index contributed by atoms with van der Waals surface area (Å²) in [6, 6.07) is 7.76. The molecule has 2 bridgehead atoms. The molecular weight excluding hydrogens is 418 g/mol. The number of pyridine rings is 2. The minimum Gasteiger partial charge on any atom is -0.360 e. The zero-order valence-corrected chi connectivity index (χ0v) is 19.1. The summed E-state index contributed by atoms with van der Waals surface area (Å²) >= 11 is 0. The Balaban J connectivity index is 1.27. The van der Waals surface area contributed by atoms with Crippen LogP contribution in [0.5, 0.6) is 0 Å². The normalized spacial score (nSPS) is 25.4. The van der Waals surface area contributed by atoms with Crippen molar-refractivity contribution >= 4 is 11.7 Å². The van der Waals surface area contributed by atoms with Crippen molar-refractivity contribution in [3.63, 3.8) is 0 Å². The highest BCUT2D eigenvalue weighted by atomic mass is 16.5. The number of piperazine rings is 1. The van der Waals surface area contributed by atoms with Crippen LogP contribution < -0.4 is 10.3 Å². The first kappa shape index (κ1) is 21.7. The molecule has 2 aromatic rings. The molecule has 5 rings (SSSR count). The first-order valence-electron chi connectivity index (χ1n) is 11.6. The van der Waals surface area contributed by atoms with E-state index in [4.69, 9.17) is 10.00 Å². The molecule has 4 heterocycles. The van der Waals surface area contributed by atoms with Crippen LogP contribution in [0.2, 0.25) is 0 Å². The molecule has 3 atom stereocenters. The number of anilines is 1. The number of rotatable bonds is 5. The second kappa shape index (κ2) is 8.31. The van der Waals surface area contributed by atoms with Gasteiger partial charge in [-0.15, -0.1) is 0 Å². The third-order valence-corrected chi connectivity index (χ3v) is 7.57. The number of aromatic nitrogens is 2. The molecule has 172 valence electrons. The highest BCUT2D eigenvalue weighted by Gasteiger charge is 2.47. The third-order valence-electron chi connectivity index (χ3n) is 7.57. The molecule has 0 spiro atoms. The zero-order chi connectivity index (χ0) is 23.2. The average molecular weight is 448 g/mol. The van der Waals surface area contributed by atoms with E-state index in [0.717, 1.165) is 31.5 Å². The minimum atomic E-state index is -0.647. The molecule has 2 unspecified atom stereocenters. The van der Waals surface area contributed by atoms with Crippen LogP contribution in [-0.2, 0) is 22.2 Å². The van der Waals surface area contributed by atoms with Crippen molar-refractivity contribution in [1.29, 1.82) is 5.26 Å². The van der Waals surface area contributed by atoms with Crippen molar-refractivity contribution in [1.82, 2.24) is 14.5 Å². The number of ether oxygens (including phenoxy) is 1. The van der Waals surface area contributed by atoms with E-state index in [1.54, 1.807) is 24.5 Å². The fourth-order valence-electron chi connectivity index (χ4n) is 5.60. The predicted molar refractivity (Wildman–Crippen MR) is 123 cm³/mol. The van der Waals surface area contributed by atoms with Crippen LogP contribution in [0.3, 0.4) is 0 Å². The molecule has 2 aliphatic heterocycles. The number of hydrogen-bond acceptors (Lipinski definition) is 6. The Hall–Kier alpha value is -3.18. The molecule has 0 radical (unpaired) electrons. The molecule has 33 heavy (non-hydrogen) atoms. The van der Waals surface area contributed by atoms with E-state index in [9.17, 15) is 9.59 Å². The average Bonchev–Trinajstić information content (AvgIpc) is 2.99. The molecule has 8 heteroatoms. The lowest BCUT2D eigenvalue weighted by atomic mass is 9.75. The Bertz CT molecular complexity index is 1150. The fraction of sp³-hybridized carbons (Fsp3) is 0.520. The lowest BCUT2D eigenvalue weighted by Crippen LogP contribution is -2.57. The molecule has 3 fully saturated rings. The van der Waals surface area contributed by atoms with Crippen LogP contribution >= 0.6 is 0 Å². The van der Waals surface area contributed by atoms with Crippen molar-refractivity contribution in [2.45, 2.75) is 50.3 Å². The van der Waals surface area contributed by atoms with E-state index in [0.29, 0.717) is 30.1 Å². The molecular formula is C25H29N5O3. The molecule has 2 aromatic heterocycles. The Kier molecular flexibility index (Phi) is 5.45. The maximum absolute atomic E-state index is 13.2. The van der Waals surface area contributed by atoms with E-state index in [1.165, 1.54) is 0 Å². The van der Waals surface area contributed by atoms with Crippen molar-refractivity contribution in [2.24, 2.45) is 13.0 Å². The maximum Gasteiger partial charge on any atom is 0.248 e. The van der Waals surface area contributed by atoms with Gasteiger partial charge in [0.05, 0.1) is 17.2 Å². The third kappa shape index (κ3) is 3.80. The van der Waals surface area contributed by atoms with Crippen LogP contribution in [0.1, 0.15) is 43.7 Å². The van der Waals surface area contributed by atoms with Gasteiger partial charge in [0.1, 0.15) is 18.5 Å². The number of likely N-dealkylation sites (tertiary alicyclic amines) is 1. The lowest BCUT2D eigenvalue weighted by Gasteiger charge is -2.44. The predicted octanol–water partition coefficient (Wildman–Crippen LogP) is 2.17. The summed E-state index contributed by atoms with van der Waals surface area (Å²) in [5.74, 6) is 1.28. The van der Waals surface area contributed by atoms with E-state index in [2.05, 4.69) is 22.9 Å². The van der Waals surface area contributed by atoms with Crippen LogP contribution in [-0.4, -0.2) is 52.1 Å². The van der Waals surface area contributed by atoms with Gasteiger partial charge < -0.3 is 19.1 Å². The molecule has 8 nitrogen and oxygen atoms in total. The summed E-state index contributed by atoms with van der Waals surface area (Å²) in [7, 11) is 1.89. The zero-order valence-electron chi connectivity index (χ0n) is 19.1. The van der Waals surface area contributed by atoms with E-state index in [1.807, 2.05) is 28.8 Å². The van der Waals surface area contributed by atoms with Gasteiger partial charge in [-0.05, 0) is 43.7 Å². The van der Waals surface area contributed by atoms with Gasteiger partial charge >= 0.3 is 0 Å². The SMILES string of the molecule is C[C@H]1CC2CN(C(=O)COC3(c4cn(C)ccc4=O)CCC3)CC1N2c1ccc(C#N)cn1. The van der Waals surface area contributed by atoms with Crippen LogP contribution in [0.4, 0.5) is 5.82 Å². The molecule has 1 saturated carbocycles. The second-order valence-electron chi connectivity index (χ2n) is 9.68. The molecule has 1 amide bonds. The Morgan fingerprint density at radius 3 is 2.76 bits per heavy atom. The molecule has 0 aromatic carbocycles. The summed E-state index contributed by atoms with van der Waals surface area (Å²) < 4.78 is 8.05.